The molecule has 0 amide bonds. The molecule has 1 aromatic heterocycles. The predicted octanol–water partition coefficient (Wildman–Crippen LogP) is 1.59. The molecule has 0 spiro atoms. The standard InChI is InChI=1S/C11H13N3O2/c1-13-7-11(14(15)16)9-6-8(4-5-12)2-3-10(9)13/h2-3,6-7H,4-5,12H2,1H3. The van der Waals surface area contributed by atoms with Crippen LogP contribution < -0.4 is 5.73 Å². The van der Waals surface area contributed by atoms with E-state index in [9.17, 15) is 10.1 Å². The smallest absolute Gasteiger partial charge is 0.294 e. The molecule has 0 saturated heterocycles. The number of aryl methyl sites for hydroxylation is 1. The molecule has 0 aliphatic rings. The highest BCUT2D eigenvalue weighted by Gasteiger charge is 2.15. The number of hydrogen-bond donors (Lipinski definition) is 1. The minimum absolute atomic E-state index is 0.149. The summed E-state index contributed by atoms with van der Waals surface area (Å²) in [7, 11) is 1.80. The van der Waals surface area contributed by atoms with Gasteiger partial charge in [0.2, 0.25) is 0 Å². The van der Waals surface area contributed by atoms with Crippen LogP contribution in [0.5, 0.6) is 0 Å². The summed E-state index contributed by atoms with van der Waals surface area (Å²) in [5.74, 6) is 0. The van der Waals surface area contributed by atoms with Crippen molar-refractivity contribution >= 4 is 16.6 Å². The molecule has 5 heteroatoms. The van der Waals surface area contributed by atoms with Crippen molar-refractivity contribution in [3.8, 4) is 0 Å². The van der Waals surface area contributed by atoms with E-state index in [1.165, 1.54) is 6.20 Å². The first kappa shape index (κ1) is 10.6. The molecule has 5 nitrogen and oxygen atoms in total. The van der Waals surface area contributed by atoms with Crippen LogP contribution in [0, 0.1) is 10.1 Å². The van der Waals surface area contributed by atoms with Crippen molar-refractivity contribution in [1.82, 2.24) is 4.57 Å². The lowest BCUT2D eigenvalue weighted by Crippen LogP contribution is -2.02. The molecule has 0 atom stereocenters. The van der Waals surface area contributed by atoms with Gasteiger partial charge in [0.15, 0.2) is 0 Å². The maximum absolute atomic E-state index is 10.9. The molecule has 0 saturated carbocycles. The lowest BCUT2D eigenvalue weighted by atomic mass is 10.1. The van der Waals surface area contributed by atoms with Gasteiger partial charge in [-0.2, -0.15) is 0 Å². The van der Waals surface area contributed by atoms with Gasteiger partial charge in [0.1, 0.15) is 0 Å². The Morgan fingerprint density at radius 1 is 1.50 bits per heavy atom. The zero-order valence-electron chi connectivity index (χ0n) is 9.01. The summed E-state index contributed by atoms with van der Waals surface area (Å²) < 4.78 is 1.76. The summed E-state index contributed by atoms with van der Waals surface area (Å²) in [6.45, 7) is 0.548. The third-order valence-corrected chi connectivity index (χ3v) is 2.66. The molecule has 0 bridgehead atoms. The predicted molar refractivity (Wildman–Crippen MR) is 62.3 cm³/mol. The zero-order chi connectivity index (χ0) is 11.7. The Morgan fingerprint density at radius 2 is 2.25 bits per heavy atom. The van der Waals surface area contributed by atoms with Crippen LogP contribution in [0.25, 0.3) is 10.9 Å². The summed E-state index contributed by atoms with van der Waals surface area (Å²) in [6, 6.07) is 5.70. The van der Waals surface area contributed by atoms with Crippen molar-refractivity contribution in [2.45, 2.75) is 6.42 Å². The minimum Gasteiger partial charge on any atom is -0.344 e. The van der Waals surface area contributed by atoms with Crippen LogP contribution in [-0.4, -0.2) is 16.0 Å². The minimum atomic E-state index is -0.353. The second-order valence-electron chi connectivity index (χ2n) is 3.77. The fraction of sp³-hybridized carbons (Fsp3) is 0.273. The second-order valence-corrected chi connectivity index (χ2v) is 3.77. The van der Waals surface area contributed by atoms with Crippen LogP contribution in [0.4, 0.5) is 5.69 Å². The molecule has 2 rings (SSSR count). The molecule has 0 unspecified atom stereocenters. The van der Waals surface area contributed by atoms with Gasteiger partial charge in [-0.15, -0.1) is 0 Å². The number of nitrogens with zero attached hydrogens (tertiary/aromatic N) is 2. The van der Waals surface area contributed by atoms with E-state index in [1.54, 1.807) is 11.6 Å². The molecule has 2 aromatic rings. The number of rotatable bonds is 3. The van der Waals surface area contributed by atoms with Gasteiger partial charge in [-0.25, -0.2) is 0 Å². The topological polar surface area (TPSA) is 74.1 Å². The second kappa shape index (κ2) is 3.94. The number of nitrogens with two attached hydrogens (primary N) is 1. The Morgan fingerprint density at radius 3 is 2.88 bits per heavy atom. The molecule has 0 fully saturated rings. The summed E-state index contributed by atoms with van der Waals surface area (Å²) in [6.07, 6.45) is 2.28. The number of aromatic nitrogens is 1. The van der Waals surface area contributed by atoms with Gasteiger partial charge in [0.05, 0.1) is 22.0 Å². The largest absolute Gasteiger partial charge is 0.344 e. The molecule has 0 radical (unpaired) electrons. The Kier molecular flexibility index (Phi) is 2.62. The molecule has 16 heavy (non-hydrogen) atoms. The van der Waals surface area contributed by atoms with Crippen LogP contribution in [0.2, 0.25) is 0 Å². The normalized spacial score (nSPS) is 10.9. The van der Waals surface area contributed by atoms with Crippen molar-refractivity contribution in [2.24, 2.45) is 12.8 Å². The average Bonchev–Trinajstić information content (AvgIpc) is 2.57. The van der Waals surface area contributed by atoms with Crippen LogP contribution in [-0.2, 0) is 13.5 Å². The maximum atomic E-state index is 10.9. The lowest BCUT2D eigenvalue weighted by molar-refractivity contribution is -0.383. The van der Waals surface area contributed by atoms with Gasteiger partial charge in [-0.1, -0.05) is 6.07 Å². The third kappa shape index (κ3) is 1.65. The SMILES string of the molecule is Cn1cc([N+](=O)[O-])c2cc(CCN)ccc21. The molecule has 2 N–H and O–H groups in total. The maximum Gasteiger partial charge on any atom is 0.294 e. The van der Waals surface area contributed by atoms with E-state index in [-0.39, 0.29) is 10.6 Å². The first-order chi connectivity index (χ1) is 7.63. The average molecular weight is 219 g/mol. The van der Waals surface area contributed by atoms with Crippen LogP contribution >= 0.6 is 0 Å². The fourth-order valence-electron chi connectivity index (χ4n) is 1.89. The first-order valence-electron chi connectivity index (χ1n) is 5.06. The number of hydrogen-bond acceptors (Lipinski definition) is 3. The fourth-order valence-corrected chi connectivity index (χ4v) is 1.89. The Labute approximate surface area is 92.6 Å². The zero-order valence-corrected chi connectivity index (χ0v) is 9.01. The lowest BCUT2D eigenvalue weighted by Gasteiger charge is -1.99. The number of benzene rings is 1. The van der Waals surface area contributed by atoms with E-state index in [1.807, 2.05) is 18.2 Å². The molecule has 1 heterocycles. The van der Waals surface area contributed by atoms with E-state index < -0.39 is 0 Å². The van der Waals surface area contributed by atoms with E-state index in [2.05, 4.69) is 0 Å². The summed E-state index contributed by atoms with van der Waals surface area (Å²) in [4.78, 5) is 10.5. The molecule has 0 aliphatic carbocycles. The summed E-state index contributed by atoms with van der Waals surface area (Å²) in [5, 5.41) is 11.5. The summed E-state index contributed by atoms with van der Waals surface area (Å²) in [5.41, 5.74) is 7.52. The van der Waals surface area contributed by atoms with E-state index >= 15 is 0 Å². The highest BCUT2D eigenvalue weighted by atomic mass is 16.6. The van der Waals surface area contributed by atoms with Gasteiger partial charge >= 0.3 is 0 Å². The summed E-state index contributed by atoms with van der Waals surface area (Å²) >= 11 is 0. The third-order valence-electron chi connectivity index (χ3n) is 2.66. The highest BCUT2D eigenvalue weighted by molar-refractivity contribution is 5.90. The number of nitro groups is 1. The Balaban J connectivity index is 2.64. The van der Waals surface area contributed by atoms with Gasteiger partial charge in [0, 0.05) is 7.05 Å². The highest BCUT2D eigenvalue weighted by Crippen LogP contribution is 2.28. The molecular weight excluding hydrogens is 206 g/mol. The molecule has 1 aromatic carbocycles. The molecule has 84 valence electrons. The molecular formula is C11H13N3O2. The van der Waals surface area contributed by atoms with Crippen LogP contribution in [0.3, 0.4) is 0 Å². The Bertz CT molecular complexity index is 545. The van der Waals surface area contributed by atoms with E-state index in [4.69, 9.17) is 5.73 Å². The van der Waals surface area contributed by atoms with Gasteiger partial charge in [-0.3, -0.25) is 10.1 Å². The Hall–Kier alpha value is -1.88. The number of fused-ring (bicyclic) bond motifs is 1. The van der Waals surface area contributed by atoms with E-state index in [0.29, 0.717) is 11.9 Å². The van der Waals surface area contributed by atoms with Crippen molar-refractivity contribution in [3.05, 3.63) is 40.1 Å². The van der Waals surface area contributed by atoms with Crippen molar-refractivity contribution < 1.29 is 4.92 Å². The van der Waals surface area contributed by atoms with Gasteiger partial charge in [0.25, 0.3) is 5.69 Å². The quantitative estimate of drug-likeness (QED) is 0.629. The monoisotopic (exact) mass is 219 g/mol. The van der Waals surface area contributed by atoms with Crippen LogP contribution in [0.15, 0.2) is 24.4 Å². The first-order valence-corrected chi connectivity index (χ1v) is 5.06. The molecule has 0 aliphatic heterocycles. The van der Waals surface area contributed by atoms with Crippen LogP contribution in [0.1, 0.15) is 5.56 Å². The van der Waals surface area contributed by atoms with Crippen molar-refractivity contribution in [2.75, 3.05) is 6.54 Å². The van der Waals surface area contributed by atoms with Gasteiger partial charge < -0.3 is 10.3 Å². The van der Waals surface area contributed by atoms with Gasteiger partial charge in [-0.05, 0) is 30.7 Å². The van der Waals surface area contributed by atoms with E-state index in [0.717, 1.165) is 17.5 Å². The van der Waals surface area contributed by atoms with Crippen molar-refractivity contribution in [1.29, 1.82) is 0 Å². The van der Waals surface area contributed by atoms with Crippen molar-refractivity contribution in [3.63, 3.8) is 0 Å².